The van der Waals surface area contributed by atoms with Crippen LogP contribution in [0.1, 0.15) is 43.7 Å². The Morgan fingerprint density at radius 3 is 2.44 bits per heavy atom. The van der Waals surface area contributed by atoms with Crippen molar-refractivity contribution in [1.29, 1.82) is 0 Å². The summed E-state index contributed by atoms with van der Waals surface area (Å²) in [6.45, 7) is 5.30. The van der Waals surface area contributed by atoms with Crippen LogP contribution in [0.15, 0.2) is 18.2 Å². The lowest BCUT2D eigenvalue weighted by Gasteiger charge is -2.10. The van der Waals surface area contributed by atoms with Gasteiger partial charge in [0, 0.05) is 25.6 Å². The maximum Gasteiger partial charge on any atom is 0.325 e. The van der Waals surface area contributed by atoms with Gasteiger partial charge in [0.1, 0.15) is 0 Å². The fourth-order valence-corrected chi connectivity index (χ4v) is 2.32. The topological polar surface area (TPSA) is 114 Å². The second kappa shape index (κ2) is 11.7. The van der Waals surface area contributed by atoms with Crippen LogP contribution < -0.4 is 16.0 Å². The van der Waals surface area contributed by atoms with E-state index in [1.54, 1.807) is 6.07 Å². The molecule has 8 nitrogen and oxygen atoms in total. The van der Waals surface area contributed by atoms with Crippen LogP contribution in [0.3, 0.4) is 0 Å². The molecule has 3 N–H and O–H groups in total. The summed E-state index contributed by atoms with van der Waals surface area (Å²) < 4.78 is 4.84. The van der Waals surface area contributed by atoms with Crippen LogP contribution in [0.2, 0.25) is 0 Å². The van der Waals surface area contributed by atoms with Gasteiger partial charge in [-0.15, -0.1) is 0 Å². The van der Waals surface area contributed by atoms with Crippen molar-refractivity contribution in [2.45, 2.75) is 46.5 Å². The number of anilines is 1. The number of rotatable bonds is 9. The molecule has 0 heterocycles. The van der Waals surface area contributed by atoms with Gasteiger partial charge in [-0.3, -0.25) is 19.7 Å². The van der Waals surface area contributed by atoms with Crippen molar-refractivity contribution >= 4 is 29.5 Å². The van der Waals surface area contributed by atoms with Gasteiger partial charge in [-0.2, -0.15) is 0 Å². The monoisotopic (exact) mass is 377 g/mol. The third kappa shape index (κ3) is 9.98. The van der Waals surface area contributed by atoms with Gasteiger partial charge in [-0.1, -0.05) is 24.1 Å². The Labute approximate surface area is 159 Å². The van der Waals surface area contributed by atoms with E-state index in [9.17, 15) is 19.2 Å². The Hall–Kier alpha value is -2.90. The van der Waals surface area contributed by atoms with E-state index in [-0.39, 0.29) is 12.3 Å². The summed E-state index contributed by atoms with van der Waals surface area (Å²) in [5, 5.41) is 7.36. The summed E-state index contributed by atoms with van der Waals surface area (Å²) in [6.07, 6.45) is 2.32. The molecule has 0 aliphatic rings. The third-order valence-corrected chi connectivity index (χ3v) is 3.68. The first-order valence-corrected chi connectivity index (χ1v) is 8.86. The maximum absolute atomic E-state index is 11.8. The molecule has 0 spiro atoms. The van der Waals surface area contributed by atoms with E-state index in [1.165, 1.54) is 6.92 Å². The summed E-state index contributed by atoms with van der Waals surface area (Å²) in [5.74, 6) is -1.28. The molecule has 0 saturated carbocycles. The molecule has 0 saturated heterocycles. The number of amides is 4. The molecule has 27 heavy (non-hydrogen) atoms. The van der Waals surface area contributed by atoms with E-state index >= 15 is 0 Å². The van der Waals surface area contributed by atoms with E-state index in [4.69, 9.17) is 4.74 Å². The fraction of sp³-hybridized carbons (Fsp3) is 0.474. The van der Waals surface area contributed by atoms with Gasteiger partial charge in [-0.05, 0) is 38.3 Å². The van der Waals surface area contributed by atoms with Crippen LogP contribution in [0.4, 0.5) is 10.5 Å². The molecule has 0 atom stereocenters. The van der Waals surface area contributed by atoms with Crippen molar-refractivity contribution in [2.24, 2.45) is 0 Å². The molecule has 0 radical (unpaired) electrons. The lowest BCUT2D eigenvalue weighted by Crippen LogP contribution is -2.37. The van der Waals surface area contributed by atoms with Crippen molar-refractivity contribution in [1.82, 2.24) is 10.6 Å². The number of urea groups is 1. The molecule has 1 aromatic rings. The predicted octanol–water partition coefficient (Wildman–Crippen LogP) is 2.19. The van der Waals surface area contributed by atoms with Crippen molar-refractivity contribution in [3.63, 3.8) is 0 Å². The van der Waals surface area contributed by atoms with Gasteiger partial charge in [0.15, 0.2) is 6.61 Å². The summed E-state index contributed by atoms with van der Waals surface area (Å²) in [6, 6.07) is 4.83. The van der Waals surface area contributed by atoms with Crippen LogP contribution in [-0.4, -0.2) is 37.0 Å². The van der Waals surface area contributed by atoms with Crippen LogP contribution in [0.25, 0.3) is 0 Å². The van der Waals surface area contributed by atoms with Crippen molar-refractivity contribution in [3.8, 4) is 0 Å². The number of hydrogen-bond acceptors (Lipinski definition) is 5. The Morgan fingerprint density at radius 2 is 1.78 bits per heavy atom. The van der Waals surface area contributed by atoms with Crippen LogP contribution in [-0.2, 0) is 19.1 Å². The molecule has 0 unspecified atom stereocenters. The van der Waals surface area contributed by atoms with E-state index < -0.39 is 24.5 Å². The molecular weight excluding hydrogens is 350 g/mol. The third-order valence-electron chi connectivity index (χ3n) is 3.68. The van der Waals surface area contributed by atoms with E-state index in [0.29, 0.717) is 18.7 Å². The predicted molar refractivity (Wildman–Crippen MR) is 101 cm³/mol. The van der Waals surface area contributed by atoms with E-state index in [2.05, 4.69) is 16.0 Å². The van der Waals surface area contributed by atoms with Crippen molar-refractivity contribution < 1.29 is 23.9 Å². The minimum atomic E-state index is -0.698. The molecular formula is C19H27N3O5. The lowest BCUT2D eigenvalue weighted by atomic mass is 10.1. The quantitative estimate of drug-likeness (QED) is 0.451. The number of nitrogens with one attached hydrogen (secondary N) is 3. The van der Waals surface area contributed by atoms with Crippen molar-refractivity contribution in [2.75, 3.05) is 18.5 Å². The van der Waals surface area contributed by atoms with Gasteiger partial charge >= 0.3 is 12.0 Å². The summed E-state index contributed by atoms with van der Waals surface area (Å²) in [4.78, 5) is 45.7. The smallest absolute Gasteiger partial charge is 0.325 e. The number of carbonyl (C=O) groups excluding carboxylic acids is 4. The molecule has 0 fully saturated rings. The first-order chi connectivity index (χ1) is 12.8. The van der Waals surface area contributed by atoms with Crippen LogP contribution >= 0.6 is 0 Å². The van der Waals surface area contributed by atoms with Crippen LogP contribution in [0, 0.1) is 13.8 Å². The molecule has 1 rings (SSSR count). The number of ether oxygens (including phenoxy) is 1. The highest BCUT2D eigenvalue weighted by molar-refractivity contribution is 6.02. The SMILES string of the molecule is CC(=O)NCCCCCC(=O)OCC(=O)NC(=O)Nc1ccc(C)cc1C. The number of carbonyl (C=O) groups is 4. The number of aryl methyl sites for hydroxylation is 2. The molecule has 0 bridgehead atoms. The number of esters is 1. The second-order valence-electron chi connectivity index (χ2n) is 6.27. The standard InChI is InChI=1S/C19H27N3O5/c1-13-8-9-16(14(2)11-13)21-19(26)22-17(24)12-27-18(25)7-5-4-6-10-20-15(3)23/h8-9,11H,4-7,10,12H2,1-3H3,(H,20,23)(H2,21,22,24,26). The molecule has 0 aliphatic carbocycles. The zero-order chi connectivity index (χ0) is 20.2. The van der Waals surface area contributed by atoms with Gasteiger partial charge in [0.05, 0.1) is 0 Å². The average Bonchev–Trinajstić information content (AvgIpc) is 2.58. The molecule has 0 aliphatic heterocycles. The van der Waals surface area contributed by atoms with Gasteiger partial charge < -0.3 is 15.4 Å². The van der Waals surface area contributed by atoms with E-state index in [0.717, 1.165) is 24.0 Å². The normalized spacial score (nSPS) is 10.0. The summed E-state index contributed by atoms with van der Waals surface area (Å²) >= 11 is 0. The van der Waals surface area contributed by atoms with Gasteiger partial charge in [0.25, 0.3) is 5.91 Å². The number of unbranched alkanes of at least 4 members (excludes halogenated alkanes) is 2. The fourth-order valence-electron chi connectivity index (χ4n) is 2.32. The summed E-state index contributed by atoms with van der Waals surface area (Å²) in [5.41, 5.74) is 2.54. The molecule has 148 valence electrons. The highest BCUT2D eigenvalue weighted by atomic mass is 16.5. The molecule has 8 heteroatoms. The zero-order valence-corrected chi connectivity index (χ0v) is 16.0. The number of hydrogen-bond donors (Lipinski definition) is 3. The Kier molecular flexibility index (Phi) is 9.57. The van der Waals surface area contributed by atoms with E-state index in [1.807, 2.05) is 26.0 Å². The minimum Gasteiger partial charge on any atom is -0.456 e. The highest BCUT2D eigenvalue weighted by Gasteiger charge is 2.12. The second-order valence-corrected chi connectivity index (χ2v) is 6.27. The number of imide groups is 1. The molecule has 1 aromatic carbocycles. The first-order valence-electron chi connectivity index (χ1n) is 8.86. The first kappa shape index (κ1) is 22.1. The highest BCUT2D eigenvalue weighted by Crippen LogP contribution is 2.15. The largest absolute Gasteiger partial charge is 0.456 e. The Balaban J connectivity index is 2.19. The Bertz CT molecular complexity index is 688. The van der Waals surface area contributed by atoms with Crippen LogP contribution in [0.5, 0.6) is 0 Å². The summed E-state index contributed by atoms with van der Waals surface area (Å²) in [7, 11) is 0. The van der Waals surface area contributed by atoms with Gasteiger partial charge in [-0.25, -0.2) is 4.79 Å². The Morgan fingerprint density at radius 1 is 1.04 bits per heavy atom. The maximum atomic E-state index is 11.8. The van der Waals surface area contributed by atoms with Crippen molar-refractivity contribution in [3.05, 3.63) is 29.3 Å². The zero-order valence-electron chi connectivity index (χ0n) is 16.0. The van der Waals surface area contributed by atoms with Gasteiger partial charge in [0.2, 0.25) is 5.91 Å². The molecule has 4 amide bonds. The average molecular weight is 377 g/mol. The minimum absolute atomic E-state index is 0.0815. The number of benzene rings is 1. The lowest BCUT2D eigenvalue weighted by molar-refractivity contribution is -0.148. The molecule has 0 aromatic heterocycles.